The average Bonchev–Trinajstić information content (AvgIpc) is 2.54. The second-order valence-electron chi connectivity index (χ2n) is 5.15. The van der Waals surface area contributed by atoms with Gasteiger partial charge < -0.3 is 11.0 Å². The zero-order valence-electron chi connectivity index (χ0n) is 13.1. The molecule has 21 heavy (non-hydrogen) atoms. The first-order valence-electron chi connectivity index (χ1n) is 7.68. The summed E-state index contributed by atoms with van der Waals surface area (Å²) >= 11 is 0. The molecule has 1 heterocycles. The Morgan fingerprint density at radius 3 is 2.71 bits per heavy atom. The maximum absolute atomic E-state index is 11.4. The number of rotatable bonds is 6. The molecule has 1 aliphatic rings. The van der Waals surface area contributed by atoms with E-state index < -0.39 is 6.03 Å². The predicted octanol–water partition coefficient (Wildman–Crippen LogP) is 2.11. The van der Waals surface area contributed by atoms with Crippen LogP contribution in [0.4, 0.5) is 4.79 Å². The Labute approximate surface area is 133 Å². The summed E-state index contributed by atoms with van der Waals surface area (Å²) in [5.74, 6) is 0. The van der Waals surface area contributed by atoms with E-state index in [1.54, 1.807) is 0 Å². The van der Waals surface area contributed by atoms with Gasteiger partial charge in [-0.25, -0.2) is 4.79 Å². The Morgan fingerprint density at radius 2 is 2.05 bits per heavy atom. The Bertz CT molecular complexity index is 430. The number of hydrogen-bond acceptors (Lipinski definition) is 3. The molecular formula is C15H24ClN3O2. The maximum Gasteiger partial charge on any atom is 0.312 e. The van der Waals surface area contributed by atoms with Gasteiger partial charge in [0, 0.05) is 13.1 Å². The van der Waals surface area contributed by atoms with Gasteiger partial charge in [-0.2, -0.15) is 5.06 Å². The number of carbonyl (C=O) groups is 1. The lowest BCUT2D eigenvalue weighted by molar-refractivity contribution is -0.172. The monoisotopic (exact) mass is 314 g/mol. The second kappa shape index (κ2) is 9.60. The number of hydroxylamine groups is 2. The molecule has 0 unspecified atom stereocenters. The first-order valence-corrected chi connectivity index (χ1v) is 7.18. The second-order valence-corrected chi connectivity index (χ2v) is 5.15. The summed E-state index contributed by atoms with van der Waals surface area (Å²) in [5, 5.41) is 4.74. The van der Waals surface area contributed by atoms with Gasteiger partial charge in [0.25, 0.3) is 0 Å². The van der Waals surface area contributed by atoms with Crippen molar-refractivity contribution in [2.24, 2.45) is 5.73 Å². The van der Waals surface area contributed by atoms with Crippen molar-refractivity contribution in [1.82, 2.24) is 10.4 Å². The van der Waals surface area contributed by atoms with Crippen LogP contribution in [0.2, 0.25) is 1.41 Å². The van der Waals surface area contributed by atoms with Crippen molar-refractivity contribution in [2.75, 3.05) is 19.7 Å². The van der Waals surface area contributed by atoms with Gasteiger partial charge in [-0.3, -0.25) is 4.84 Å². The quantitative estimate of drug-likeness (QED) is 0.845. The number of nitrogens with one attached hydrogen (secondary N) is 1. The number of primary amides is 1. The lowest BCUT2D eigenvalue weighted by Gasteiger charge is -2.28. The van der Waals surface area contributed by atoms with Crippen LogP contribution >= 0.6 is 12.4 Å². The number of nitrogens with zero attached hydrogens (tertiary/aromatic N) is 1. The summed E-state index contributed by atoms with van der Waals surface area (Å²) in [7, 11) is 0. The van der Waals surface area contributed by atoms with Gasteiger partial charge in [0.1, 0.15) is 0 Å². The van der Waals surface area contributed by atoms with Gasteiger partial charge >= 0.3 is 6.03 Å². The van der Waals surface area contributed by atoms with Crippen molar-refractivity contribution in [1.29, 1.82) is 0 Å². The van der Waals surface area contributed by atoms with Crippen LogP contribution in [0.3, 0.4) is 0 Å². The molecule has 6 heteroatoms. The number of benzene rings is 1. The fourth-order valence-corrected chi connectivity index (χ4v) is 2.43. The van der Waals surface area contributed by atoms with Crippen LogP contribution < -0.4 is 11.0 Å². The van der Waals surface area contributed by atoms with Crippen LogP contribution in [0, 0.1) is 0 Å². The topological polar surface area (TPSA) is 67.6 Å². The number of nitrogens with two attached hydrogens (primary N) is 1. The van der Waals surface area contributed by atoms with Crippen molar-refractivity contribution < 1.29 is 11.0 Å². The van der Waals surface area contributed by atoms with Crippen molar-refractivity contribution >= 4 is 18.4 Å². The van der Waals surface area contributed by atoms with Gasteiger partial charge in [-0.15, -0.1) is 12.4 Å². The highest BCUT2D eigenvalue weighted by atomic mass is 35.5. The minimum atomic E-state index is -0.502. The molecule has 118 valence electrons. The lowest BCUT2D eigenvalue weighted by Crippen LogP contribution is -2.44. The van der Waals surface area contributed by atoms with Crippen LogP contribution in [0.15, 0.2) is 30.3 Å². The van der Waals surface area contributed by atoms with Crippen LogP contribution in [0.5, 0.6) is 0 Å². The van der Waals surface area contributed by atoms with E-state index in [9.17, 15) is 4.79 Å². The summed E-state index contributed by atoms with van der Waals surface area (Å²) in [6, 6.07) is 9.30. The van der Waals surface area contributed by atoms with Gasteiger partial charge in [0.05, 0.1) is 12.6 Å². The number of urea groups is 1. The molecular weight excluding hydrogens is 290 g/mol. The van der Waals surface area contributed by atoms with Crippen molar-refractivity contribution in [3.05, 3.63) is 35.9 Å². The third-order valence-electron chi connectivity index (χ3n) is 3.43. The molecule has 1 saturated heterocycles. The minimum absolute atomic E-state index is 0. The zero-order chi connectivity index (χ0) is 14.9. The van der Waals surface area contributed by atoms with E-state index in [2.05, 4.69) is 5.32 Å². The van der Waals surface area contributed by atoms with E-state index in [0.29, 0.717) is 13.0 Å². The van der Waals surface area contributed by atoms with Crippen LogP contribution in [-0.4, -0.2) is 36.8 Å². The average molecular weight is 315 g/mol. The van der Waals surface area contributed by atoms with Crippen LogP contribution in [0.1, 0.15) is 24.8 Å². The van der Waals surface area contributed by atoms with Gasteiger partial charge in [-0.05, 0) is 24.8 Å². The predicted molar refractivity (Wildman–Crippen MR) is 85.3 cm³/mol. The normalized spacial score (nSPS) is 17.2. The number of piperidine rings is 1. The van der Waals surface area contributed by atoms with E-state index in [4.69, 9.17) is 6.25 Å². The van der Waals surface area contributed by atoms with E-state index in [1.807, 2.05) is 41.1 Å². The highest BCUT2D eigenvalue weighted by molar-refractivity contribution is 5.85. The highest BCUT2D eigenvalue weighted by Crippen LogP contribution is 2.10. The molecule has 0 radical (unpaired) electrons. The van der Waals surface area contributed by atoms with Crippen LogP contribution in [0.25, 0.3) is 0 Å². The first-order chi connectivity index (χ1) is 10.3. The molecule has 2 amide bonds. The molecule has 0 aliphatic carbocycles. The Kier molecular flexibility index (Phi) is 7.35. The number of amides is 2. The molecule has 1 atom stereocenters. The fourth-order valence-electron chi connectivity index (χ4n) is 2.43. The summed E-state index contributed by atoms with van der Waals surface area (Å²) < 4.78 is 6.90. The van der Waals surface area contributed by atoms with Crippen molar-refractivity contribution in [3.8, 4) is 0 Å². The summed E-state index contributed by atoms with van der Waals surface area (Å²) in [5.41, 5.74) is 2.98. The summed E-state index contributed by atoms with van der Waals surface area (Å²) in [6.45, 7) is 2.31. The van der Waals surface area contributed by atoms with Crippen LogP contribution in [-0.2, 0) is 11.3 Å². The number of halogens is 1. The van der Waals surface area contributed by atoms with Gasteiger partial charge in [-0.1, -0.05) is 36.8 Å². The Morgan fingerprint density at radius 1 is 1.33 bits per heavy atom. The molecule has 1 aromatic rings. The first kappa shape index (κ1) is 16.1. The third-order valence-corrected chi connectivity index (χ3v) is 3.43. The Balaban J connectivity index is 0.00000242. The third kappa shape index (κ3) is 6.80. The van der Waals surface area contributed by atoms with E-state index >= 15 is 0 Å². The molecule has 3 N–H and O–H groups in total. The Hall–Kier alpha value is -1.30. The summed E-state index contributed by atoms with van der Waals surface area (Å²) in [4.78, 5) is 17.2. The van der Waals surface area contributed by atoms with Gasteiger partial charge in [0.2, 0.25) is 0 Å². The molecule has 0 saturated carbocycles. The smallest absolute Gasteiger partial charge is 0.312 e. The lowest BCUT2D eigenvalue weighted by atomic mass is 10.1. The molecule has 0 spiro atoms. The molecule has 1 aliphatic heterocycles. The van der Waals surface area contributed by atoms with E-state index in [-0.39, 0.29) is 18.4 Å². The minimum Gasteiger partial charge on any atom is -0.352 e. The molecule has 5 nitrogen and oxygen atoms in total. The standard InChI is InChI=1S/C15H23N3O2.ClH/c16-15(19)17-14(11-13-7-3-1-4-8-13)12-20-18-9-5-2-6-10-18;/h1,3-4,7-8,14H,2,5-6,9-12H2,(H3,16,17,19);1H/t14-;/m0./s1/i/hD. The molecule has 1 fully saturated rings. The highest BCUT2D eigenvalue weighted by Gasteiger charge is 2.16. The largest absolute Gasteiger partial charge is 0.352 e. The molecule has 1 aromatic carbocycles. The number of carbonyl (C=O) groups excluding carboxylic acids is 1. The van der Waals surface area contributed by atoms with E-state index in [1.165, 1.54) is 6.42 Å². The fraction of sp³-hybridized carbons (Fsp3) is 0.533. The number of hydrogen-bond donors (Lipinski definition) is 2. The SMILES string of the molecule is Cl.[2H]NC(=O)N[C@H](CON1CCCCC1)Cc1ccccc1. The molecule has 0 aromatic heterocycles. The van der Waals surface area contributed by atoms with E-state index in [0.717, 1.165) is 31.5 Å². The zero-order valence-corrected chi connectivity index (χ0v) is 12.9. The maximum atomic E-state index is 11.4. The summed E-state index contributed by atoms with van der Waals surface area (Å²) in [6.07, 6.45) is 4.25. The van der Waals surface area contributed by atoms with Crippen molar-refractivity contribution in [2.45, 2.75) is 31.7 Å². The van der Waals surface area contributed by atoms with Gasteiger partial charge in [0.15, 0.2) is 1.41 Å². The molecule has 2 rings (SSSR count). The molecule has 0 bridgehead atoms. The van der Waals surface area contributed by atoms with Crippen molar-refractivity contribution in [3.63, 3.8) is 0 Å².